The van der Waals surface area contributed by atoms with Crippen LogP contribution in [0.3, 0.4) is 0 Å². The van der Waals surface area contributed by atoms with Crippen molar-refractivity contribution >= 4 is 11.6 Å². The monoisotopic (exact) mass is 322 g/mol. The maximum Gasteiger partial charge on any atom is 0.226 e. The van der Waals surface area contributed by atoms with Crippen molar-refractivity contribution in [3.05, 3.63) is 18.2 Å². The smallest absolute Gasteiger partial charge is 0.226 e. The molecular weight excluding hydrogens is 292 g/mol. The number of rotatable bonds is 9. The van der Waals surface area contributed by atoms with Crippen LogP contribution >= 0.6 is 0 Å². The highest BCUT2D eigenvalue weighted by Gasteiger charge is 2.16. The fourth-order valence-electron chi connectivity index (χ4n) is 2.41. The van der Waals surface area contributed by atoms with Crippen LogP contribution in [0.2, 0.25) is 0 Å². The fourth-order valence-corrected chi connectivity index (χ4v) is 2.41. The molecule has 0 spiro atoms. The average molecular weight is 322 g/mol. The number of carbonyl (C=O) groups excluding carboxylic acids is 1. The molecule has 3 atom stereocenters. The highest BCUT2D eigenvalue weighted by molar-refractivity contribution is 5.92. The SMILES string of the molecule is CCC(C)C(C)NC(C)CC(=O)Nc1ccc(OC)cc1OC. The number of ether oxygens (including phenoxy) is 2. The number of hydrogen-bond acceptors (Lipinski definition) is 4. The lowest BCUT2D eigenvalue weighted by Crippen LogP contribution is -2.40. The predicted octanol–water partition coefficient (Wildman–Crippen LogP) is 3.45. The molecule has 0 radical (unpaired) electrons. The molecule has 0 aliphatic heterocycles. The molecule has 1 amide bonds. The highest BCUT2D eigenvalue weighted by Crippen LogP contribution is 2.29. The van der Waals surface area contributed by atoms with Crippen LogP contribution in [0.4, 0.5) is 5.69 Å². The van der Waals surface area contributed by atoms with Gasteiger partial charge in [0.2, 0.25) is 5.91 Å². The summed E-state index contributed by atoms with van der Waals surface area (Å²) in [6.07, 6.45) is 1.53. The molecule has 130 valence electrons. The van der Waals surface area contributed by atoms with Crippen molar-refractivity contribution < 1.29 is 14.3 Å². The summed E-state index contributed by atoms with van der Waals surface area (Å²) < 4.78 is 10.4. The summed E-state index contributed by atoms with van der Waals surface area (Å²) in [7, 11) is 3.17. The van der Waals surface area contributed by atoms with Gasteiger partial charge in [-0.05, 0) is 31.9 Å². The van der Waals surface area contributed by atoms with Crippen molar-refractivity contribution in [3.8, 4) is 11.5 Å². The number of benzene rings is 1. The molecule has 0 aromatic heterocycles. The average Bonchev–Trinajstić information content (AvgIpc) is 2.53. The summed E-state index contributed by atoms with van der Waals surface area (Å²) in [5.74, 6) is 1.83. The Balaban J connectivity index is 2.59. The van der Waals surface area contributed by atoms with E-state index in [1.54, 1.807) is 32.4 Å². The number of hydrogen-bond donors (Lipinski definition) is 2. The molecule has 3 unspecified atom stereocenters. The molecule has 2 N–H and O–H groups in total. The van der Waals surface area contributed by atoms with Crippen LogP contribution in [-0.2, 0) is 4.79 Å². The lowest BCUT2D eigenvalue weighted by molar-refractivity contribution is -0.116. The standard InChI is InChI=1S/C18H30N2O3/c1-7-12(2)14(4)19-13(3)10-18(21)20-16-9-8-15(22-5)11-17(16)23-6/h8-9,11-14,19H,7,10H2,1-6H3,(H,20,21). The van der Waals surface area contributed by atoms with E-state index in [4.69, 9.17) is 9.47 Å². The summed E-state index contributed by atoms with van der Waals surface area (Å²) in [5, 5.41) is 6.38. The molecule has 0 saturated heterocycles. The van der Waals surface area contributed by atoms with Crippen molar-refractivity contribution in [3.63, 3.8) is 0 Å². The third-order valence-corrected chi connectivity index (χ3v) is 4.22. The van der Waals surface area contributed by atoms with E-state index in [1.807, 2.05) is 6.92 Å². The minimum absolute atomic E-state index is 0.0372. The molecule has 1 aromatic rings. The lowest BCUT2D eigenvalue weighted by Gasteiger charge is -2.24. The second kappa shape index (κ2) is 9.40. The van der Waals surface area contributed by atoms with Crippen LogP contribution in [-0.4, -0.2) is 32.2 Å². The van der Waals surface area contributed by atoms with E-state index in [-0.39, 0.29) is 11.9 Å². The molecular formula is C18H30N2O3. The van der Waals surface area contributed by atoms with E-state index >= 15 is 0 Å². The van der Waals surface area contributed by atoms with E-state index < -0.39 is 0 Å². The molecule has 5 nitrogen and oxygen atoms in total. The molecule has 1 aromatic carbocycles. The van der Waals surface area contributed by atoms with Crippen molar-refractivity contribution in [1.82, 2.24) is 5.32 Å². The number of amides is 1. The first kappa shape index (κ1) is 19.3. The first-order chi connectivity index (χ1) is 10.9. The first-order valence-electron chi connectivity index (χ1n) is 8.19. The lowest BCUT2D eigenvalue weighted by atomic mass is 10.00. The minimum Gasteiger partial charge on any atom is -0.497 e. The molecule has 0 fully saturated rings. The topological polar surface area (TPSA) is 59.6 Å². The van der Waals surface area contributed by atoms with Crippen LogP contribution in [0.15, 0.2) is 18.2 Å². The van der Waals surface area contributed by atoms with Gasteiger partial charge in [0.25, 0.3) is 0 Å². The Bertz CT molecular complexity index is 505. The summed E-state index contributed by atoms with van der Waals surface area (Å²) in [6, 6.07) is 5.84. The van der Waals surface area contributed by atoms with Crippen molar-refractivity contribution in [1.29, 1.82) is 0 Å². The highest BCUT2D eigenvalue weighted by atomic mass is 16.5. The van der Waals surface area contributed by atoms with Gasteiger partial charge in [-0.2, -0.15) is 0 Å². The van der Waals surface area contributed by atoms with Gasteiger partial charge in [0.05, 0.1) is 19.9 Å². The van der Waals surface area contributed by atoms with Gasteiger partial charge in [0.1, 0.15) is 11.5 Å². The van der Waals surface area contributed by atoms with Crippen LogP contribution in [0, 0.1) is 5.92 Å². The van der Waals surface area contributed by atoms with Crippen LogP contribution in [0.25, 0.3) is 0 Å². The Kier molecular flexibility index (Phi) is 7.89. The number of methoxy groups -OCH3 is 2. The van der Waals surface area contributed by atoms with Gasteiger partial charge < -0.3 is 20.1 Å². The molecule has 1 rings (SSSR count). The first-order valence-corrected chi connectivity index (χ1v) is 8.19. The summed E-state index contributed by atoms with van der Waals surface area (Å²) >= 11 is 0. The second-order valence-electron chi connectivity index (χ2n) is 6.06. The molecule has 0 aliphatic carbocycles. The van der Waals surface area contributed by atoms with Gasteiger partial charge in [0, 0.05) is 24.6 Å². The van der Waals surface area contributed by atoms with Gasteiger partial charge in [0.15, 0.2) is 0 Å². The van der Waals surface area contributed by atoms with E-state index in [1.165, 1.54) is 0 Å². The van der Waals surface area contributed by atoms with Crippen molar-refractivity contribution in [2.45, 2.75) is 52.6 Å². The predicted molar refractivity (Wildman–Crippen MR) is 94.3 cm³/mol. The zero-order chi connectivity index (χ0) is 17.4. The summed E-state index contributed by atoms with van der Waals surface area (Å²) in [4.78, 5) is 12.2. The Morgan fingerprint density at radius 3 is 2.43 bits per heavy atom. The largest absolute Gasteiger partial charge is 0.497 e. The van der Waals surface area contributed by atoms with E-state index in [0.29, 0.717) is 35.6 Å². The van der Waals surface area contributed by atoms with Crippen molar-refractivity contribution in [2.24, 2.45) is 5.92 Å². The Hall–Kier alpha value is -1.75. The van der Waals surface area contributed by atoms with Gasteiger partial charge >= 0.3 is 0 Å². The summed E-state index contributed by atoms with van der Waals surface area (Å²) in [6.45, 7) is 8.58. The number of nitrogens with one attached hydrogen (secondary N) is 2. The number of anilines is 1. The van der Waals surface area contributed by atoms with E-state index in [9.17, 15) is 4.79 Å². The Morgan fingerprint density at radius 1 is 1.17 bits per heavy atom. The fraction of sp³-hybridized carbons (Fsp3) is 0.611. The maximum atomic E-state index is 12.2. The number of carbonyl (C=O) groups is 1. The molecule has 0 aliphatic rings. The van der Waals surface area contributed by atoms with Crippen molar-refractivity contribution in [2.75, 3.05) is 19.5 Å². The van der Waals surface area contributed by atoms with E-state index in [2.05, 4.69) is 31.4 Å². The van der Waals surface area contributed by atoms with Crippen LogP contribution < -0.4 is 20.1 Å². The second-order valence-corrected chi connectivity index (χ2v) is 6.06. The molecule has 0 bridgehead atoms. The minimum atomic E-state index is -0.0372. The van der Waals surface area contributed by atoms with E-state index in [0.717, 1.165) is 6.42 Å². The third-order valence-electron chi connectivity index (χ3n) is 4.22. The zero-order valence-corrected chi connectivity index (χ0v) is 15.1. The maximum absolute atomic E-state index is 12.2. The Labute approximate surface area is 139 Å². The van der Waals surface area contributed by atoms with Gasteiger partial charge in [-0.25, -0.2) is 0 Å². The third kappa shape index (κ3) is 6.10. The van der Waals surface area contributed by atoms with Crippen LogP contribution in [0.1, 0.15) is 40.5 Å². The normalized spacial score (nSPS) is 14.7. The van der Waals surface area contributed by atoms with Gasteiger partial charge in [-0.15, -0.1) is 0 Å². The van der Waals surface area contributed by atoms with Gasteiger partial charge in [-0.3, -0.25) is 4.79 Å². The van der Waals surface area contributed by atoms with Crippen LogP contribution in [0.5, 0.6) is 11.5 Å². The molecule has 0 saturated carbocycles. The molecule has 0 heterocycles. The molecule has 23 heavy (non-hydrogen) atoms. The Morgan fingerprint density at radius 2 is 1.87 bits per heavy atom. The quantitative estimate of drug-likeness (QED) is 0.731. The molecule has 5 heteroatoms. The summed E-state index contributed by atoms with van der Waals surface area (Å²) in [5.41, 5.74) is 0.653. The van der Waals surface area contributed by atoms with Gasteiger partial charge in [-0.1, -0.05) is 20.3 Å². The zero-order valence-electron chi connectivity index (χ0n) is 15.1.